The number of aromatic amines is 1. The second-order valence-corrected chi connectivity index (χ2v) is 4.95. The molecule has 6 heteroatoms. The van der Waals surface area contributed by atoms with E-state index in [0.29, 0.717) is 17.5 Å². The van der Waals surface area contributed by atoms with Gasteiger partial charge in [0.05, 0.1) is 16.5 Å². The van der Waals surface area contributed by atoms with Gasteiger partial charge in [-0.05, 0) is 18.9 Å². The summed E-state index contributed by atoms with van der Waals surface area (Å²) in [5.74, 6) is 0.0111. The zero-order chi connectivity index (χ0) is 14.1. The molecule has 0 spiro atoms. The van der Waals surface area contributed by atoms with Gasteiger partial charge in [-0.15, -0.1) is 0 Å². The number of fused-ring (bicyclic) bond motifs is 1. The first-order valence-corrected chi connectivity index (χ1v) is 6.55. The molecule has 1 saturated heterocycles. The molecule has 1 aliphatic rings. The molecule has 104 valence electrons. The van der Waals surface area contributed by atoms with Crippen molar-refractivity contribution >= 4 is 22.4 Å². The Balaban J connectivity index is 1.87. The van der Waals surface area contributed by atoms with E-state index in [9.17, 15) is 14.9 Å². The highest BCUT2D eigenvalue weighted by molar-refractivity contribution is 6.08. The van der Waals surface area contributed by atoms with Gasteiger partial charge in [0, 0.05) is 42.3 Å². The van der Waals surface area contributed by atoms with Gasteiger partial charge in [-0.3, -0.25) is 14.9 Å². The highest BCUT2D eigenvalue weighted by atomic mass is 16.6. The van der Waals surface area contributed by atoms with Gasteiger partial charge in [0.2, 0.25) is 0 Å². The van der Waals surface area contributed by atoms with Crippen molar-refractivity contribution < 1.29 is 14.5 Å². The number of nitro groups is 1. The summed E-state index contributed by atoms with van der Waals surface area (Å²) >= 11 is 0. The Hall–Kier alpha value is -2.21. The van der Waals surface area contributed by atoms with Crippen LogP contribution in [0.1, 0.15) is 29.6 Å². The molecule has 6 nitrogen and oxygen atoms in total. The number of rotatable bonds is 4. The Morgan fingerprint density at radius 2 is 2.35 bits per heavy atom. The largest absolute Gasteiger partial charge is 0.378 e. The molecule has 0 saturated carbocycles. The number of ketones is 1. The van der Waals surface area contributed by atoms with E-state index in [1.165, 1.54) is 12.1 Å². The number of carbonyl (C=O) groups excluding carboxylic acids is 1. The van der Waals surface area contributed by atoms with Gasteiger partial charge in [0.25, 0.3) is 5.69 Å². The summed E-state index contributed by atoms with van der Waals surface area (Å²) in [7, 11) is 0. The third-order valence-corrected chi connectivity index (χ3v) is 3.61. The van der Waals surface area contributed by atoms with Crippen LogP contribution in [0.5, 0.6) is 0 Å². The third kappa shape index (κ3) is 2.30. The van der Waals surface area contributed by atoms with Gasteiger partial charge >= 0.3 is 0 Å². The number of Topliss-reactive ketones (excluding diaryl/α,β-unsaturated/α-hetero) is 1. The summed E-state index contributed by atoms with van der Waals surface area (Å²) in [4.78, 5) is 25.5. The zero-order valence-electron chi connectivity index (χ0n) is 10.8. The lowest BCUT2D eigenvalue weighted by atomic mass is 10.0. The van der Waals surface area contributed by atoms with Crippen molar-refractivity contribution in [1.29, 1.82) is 0 Å². The molecule has 0 aliphatic carbocycles. The second-order valence-electron chi connectivity index (χ2n) is 4.95. The summed E-state index contributed by atoms with van der Waals surface area (Å²) < 4.78 is 5.46. The van der Waals surface area contributed by atoms with Crippen LogP contribution < -0.4 is 0 Å². The number of carbonyl (C=O) groups is 1. The van der Waals surface area contributed by atoms with E-state index < -0.39 is 4.92 Å². The summed E-state index contributed by atoms with van der Waals surface area (Å²) in [6, 6.07) is 4.48. The van der Waals surface area contributed by atoms with Crippen LogP contribution in [0, 0.1) is 10.1 Å². The molecule has 1 N–H and O–H groups in total. The number of non-ortho nitro benzene ring substituents is 1. The quantitative estimate of drug-likeness (QED) is 0.527. The molecule has 1 unspecified atom stereocenters. The standard InChI is InChI=1S/C14H14N2O4/c17-14(7-10-2-1-5-20-10)12-8-15-13-6-9(16(18)19)3-4-11(12)13/h3-4,6,8,10,15H,1-2,5,7H2. The van der Waals surface area contributed by atoms with Crippen molar-refractivity contribution in [1.82, 2.24) is 4.98 Å². The molecule has 3 rings (SSSR count). The fourth-order valence-corrected chi connectivity index (χ4v) is 2.58. The van der Waals surface area contributed by atoms with Gasteiger partial charge in [-0.25, -0.2) is 0 Å². The van der Waals surface area contributed by atoms with Crippen LogP contribution in [0.4, 0.5) is 5.69 Å². The maximum atomic E-state index is 12.3. The van der Waals surface area contributed by atoms with Crippen molar-refractivity contribution in [2.75, 3.05) is 6.61 Å². The molecule has 0 radical (unpaired) electrons. The number of nitro benzene ring substituents is 1. The van der Waals surface area contributed by atoms with E-state index in [0.717, 1.165) is 24.8 Å². The average molecular weight is 274 g/mol. The van der Waals surface area contributed by atoms with Crippen molar-refractivity contribution in [3.05, 3.63) is 40.1 Å². The lowest BCUT2D eigenvalue weighted by Crippen LogP contribution is -2.12. The SMILES string of the molecule is O=C(CC1CCCO1)c1c[nH]c2cc([N+](=O)[O-])ccc12. The summed E-state index contributed by atoms with van der Waals surface area (Å²) in [6.45, 7) is 0.720. The van der Waals surface area contributed by atoms with Crippen LogP contribution in [-0.4, -0.2) is 28.4 Å². The Kier molecular flexibility index (Phi) is 3.23. The monoisotopic (exact) mass is 274 g/mol. The fourth-order valence-electron chi connectivity index (χ4n) is 2.58. The number of nitrogens with zero attached hydrogens (tertiary/aromatic N) is 1. The van der Waals surface area contributed by atoms with Crippen LogP contribution >= 0.6 is 0 Å². The Morgan fingerprint density at radius 3 is 3.05 bits per heavy atom. The Morgan fingerprint density at radius 1 is 1.50 bits per heavy atom. The molecule has 2 heterocycles. The Bertz CT molecular complexity index is 671. The molecule has 1 aliphatic heterocycles. The summed E-state index contributed by atoms with van der Waals surface area (Å²) in [5, 5.41) is 11.4. The molecule has 1 atom stereocenters. The number of ether oxygens (including phenoxy) is 1. The number of hydrogen-bond acceptors (Lipinski definition) is 4. The van der Waals surface area contributed by atoms with E-state index in [4.69, 9.17) is 4.74 Å². The van der Waals surface area contributed by atoms with Crippen LogP contribution in [0.2, 0.25) is 0 Å². The molecule has 0 amide bonds. The molecule has 1 aromatic heterocycles. The molecular weight excluding hydrogens is 260 g/mol. The van der Waals surface area contributed by atoms with Crippen LogP contribution in [0.25, 0.3) is 10.9 Å². The van der Waals surface area contributed by atoms with Gasteiger partial charge in [0.1, 0.15) is 0 Å². The smallest absolute Gasteiger partial charge is 0.271 e. The van der Waals surface area contributed by atoms with E-state index in [2.05, 4.69) is 4.98 Å². The molecular formula is C14H14N2O4. The Labute approximate surface area is 114 Å². The minimum absolute atomic E-state index is 0.00509. The van der Waals surface area contributed by atoms with Crippen LogP contribution in [-0.2, 0) is 4.74 Å². The molecule has 1 fully saturated rings. The second kappa shape index (κ2) is 5.05. The normalized spacial score (nSPS) is 18.5. The van der Waals surface area contributed by atoms with Crippen molar-refractivity contribution in [2.24, 2.45) is 0 Å². The number of nitrogens with one attached hydrogen (secondary N) is 1. The predicted molar refractivity (Wildman–Crippen MR) is 72.9 cm³/mol. The van der Waals surface area contributed by atoms with Crippen molar-refractivity contribution in [3.63, 3.8) is 0 Å². The number of H-pyrrole nitrogens is 1. The highest BCUT2D eigenvalue weighted by Crippen LogP contribution is 2.25. The van der Waals surface area contributed by atoms with E-state index in [1.54, 1.807) is 12.3 Å². The van der Waals surface area contributed by atoms with Gasteiger partial charge in [0.15, 0.2) is 5.78 Å². The minimum atomic E-state index is -0.450. The lowest BCUT2D eigenvalue weighted by Gasteiger charge is -2.07. The topological polar surface area (TPSA) is 85.2 Å². The van der Waals surface area contributed by atoms with Gasteiger partial charge in [-0.2, -0.15) is 0 Å². The number of hydrogen-bond donors (Lipinski definition) is 1. The highest BCUT2D eigenvalue weighted by Gasteiger charge is 2.22. The van der Waals surface area contributed by atoms with Crippen molar-refractivity contribution in [2.45, 2.75) is 25.4 Å². The third-order valence-electron chi connectivity index (χ3n) is 3.61. The van der Waals surface area contributed by atoms with E-state index in [1.807, 2.05) is 0 Å². The first-order chi connectivity index (χ1) is 9.65. The van der Waals surface area contributed by atoms with Gasteiger partial charge < -0.3 is 9.72 Å². The summed E-state index contributed by atoms with van der Waals surface area (Å²) in [5.41, 5.74) is 1.19. The fraction of sp³-hybridized carbons (Fsp3) is 0.357. The average Bonchev–Trinajstić information content (AvgIpc) is 3.06. The first-order valence-electron chi connectivity index (χ1n) is 6.55. The predicted octanol–water partition coefficient (Wildman–Crippen LogP) is 2.83. The first kappa shape index (κ1) is 12.8. The van der Waals surface area contributed by atoms with Gasteiger partial charge in [-0.1, -0.05) is 0 Å². The number of aromatic nitrogens is 1. The molecule has 0 bridgehead atoms. The van der Waals surface area contributed by atoms with Crippen molar-refractivity contribution in [3.8, 4) is 0 Å². The molecule has 1 aromatic carbocycles. The summed E-state index contributed by atoms with van der Waals surface area (Å²) in [6.07, 6.45) is 3.90. The lowest BCUT2D eigenvalue weighted by molar-refractivity contribution is -0.384. The van der Waals surface area contributed by atoms with E-state index in [-0.39, 0.29) is 17.6 Å². The molecule has 2 aromatic rings. The maximum absolute atomic E-state index is 12.3. The zero-order valence-corrected chi connectivity index (χ0v) is 10.8. The minimum Gasteiger partial charge on any atom is -0.378 e. The van der Waals surface area contributed by atoms with Crippen LogP contribution in [0.15, 0.2) is 24.4 Å². The molecule has 20 heavy (non-hydrogen) atoms. The maximum Gasteiger partial charge on any atom is 0.271 e. The van der Waals surface area contributed by atoms with Crippen LogP contribution in [0.3, 0.4) is 0 Å². The van der Waals surface area contributed by atoms with E-state index >= 15 is 0 Å². The number of benzene rings is 1.